The highest BCUT2D eigenvalue weighted by Crippen LogP contribution is 2.28. The van der Waals surface area contributed by atoms with Crippen LogP contribution in [0.4, 0.5) is 4.39 Å². The summed E-state index contributed by atoms with van der Waals surface area (Å²) in [5.74, 6) is 0.853. The van der Waals surface area contributed by atoms with Crippen molar-refractivity contribution in [1.82, 2.24) is 15.5 Å². The lowest BCUT2D eigenvalue weighted by molar-refractivity contribution is 0.326. The minimum absolute atomic E-state index is 0.116. The molecule has 1 aromatic heterocycles. The van der Waals surface area contributed by atoms with Crippen molar-refractivity contribution >= 4 is 15.9 Å². The Morgan fingerprint density at radius 1 is 1.45 bits per heavy atom. The van der Waals surface area contributed by atoms with Crippen LogP contribution in [0.2, 0.25) is 0 Å². The van der Waals surface area contributed by atoms with Crippen LogP contribution in [-0.2, 0) is 0 Å². The van der Waals surface area contributed by atoms with Gasteiger partial charge in [-0.2, -0.15) is 4.98 Å². The Morgan fingerprint density at radius 2 is 2.20 bits per heavy atom. The van der Waals surface area contributed by atoms with Gasteiger partial charge in [0.25, 0.3) is 0 Å². The van der Waals surface area contributed by atoms with Crippen molar-refractivity contribution in [3.8, 4) is 11.4 Å². The topological polar surface area (TPSA) is 51.0 Å². The molecule has 2 aromatic rings. The Hall–Kier alpha value is -1.27. The summed E-state index contributed by atoms with van der Waals surface area (Å²) < 4.78 is 19.0. The van der Waals surface area contributed by atoms with E-state index in [1.54, 1.807) is 6.07 Å². The van der Waals surface area contributed by atoms with Gasteiger partial charge in [-0.15, -0.1) is 0 Å². The highest BCUT2D eigenvalue weighted by Gasteiger charge is 2.22. The van der Waals surface area contributed by atoms with E-state index in [0.29, 0.717) is 21.8 Å². The van der Waals surface area contributed by atoms with Crippen LogP contribution in [0.5, 0.6) is 0 Å². The Labute approximate surface area is 125 Å². The number of nitrogens with one attached hydrogen (secondary N) is 1. The molecule has 1 aromatic carbocycles. The highest BCUT2D eigenvalue weighted by molar-refractivity contribution is 9.10. The zero-order valence-corrected chi connectivity index (χ0v) is 13.2. The smallest absolute Gasteiger partial charge is 0.231 e. The predicted molar refractivity (Wildman–Crippen MR) is 78.9 cm³/mol. The summed E-state index contributed by atoms with van der Waals surface area (Å²) in [4.78, 5) is 4.42. The average molecular weight is 342 g/mol. The zero-order chi connectivity index (χ0) is 14.7. The summed E-state index contributed by atoms with van der Waals surface area (Å²) in [6.45, 7) is 4.15. The monoisotopic (exact) mass is 341 g/mol. The Balaban J connectivity index is 2.28. The van der Waals surface area contributed by atoms with Gasteiger partial charge in [0.2, 0.25) is 11.7 Å². The zero-order valence-electron chi connectivity index (χ0n) is 11.7. The van der Waals surface area contributed by atoms with Gasteiger partial charge in [0.1, 0.15) is 5.82 Å². The lowest BCUT2D eigenvalue weighted by atomic mass is 10.00. The van der Waals surface area contributed by atoms with E-state index in [0.717, 1.165) is 6.42 Å². The first kappa shape index (κ1) is 15.1. The first-order valence-electron chi connectivity index (χ1n) is 6.53. The molecule has 20 heavy (non-hydrogen) atoms. The second-order valence-electron chi connectivity index (χ2n) is 4.67. The maximum Gasteiger partial charge on any atom is 0.231 e. The molecule has 0 aliphatic heterocycles. The minimum Gasteiger partial charge on any atom is -0.339 e. The molecule has 0 spiro atoms. The van der Waals surface area contributed by atoms with Gasteiger partial charge in [-0.25, -0.2) is 4.39 Å². The van der Waals surface area contributed by atoms with Gasteiger partial charge in [-0.1, -0.05) is 19.0 Å². The van der Waals surface area contributed by atoms with E-state index >= 15 is 0 Å². The summed E-state index contributed by atoms with van der Waals surface area (Å²) in [5.41, 5.74) is 0.714. The van der Waals surface area contributed by atoms with Crippen LogP contribution in [0.15, 0.2) is 27.2 Å². The van der Waals surface area contributed by atoms with Crippen molar-refractivity contribution in [2.45, 2.75) is 32.2 Å². The third kappa shape index (κ3) is 3.07. The summed E-state index contributed by atoms with van der Waals surface area (Å²) in [6, 6.07) is 4.67. The molecule has 108 valence electrons. The van der Waals surface area contributed by atoms with Crippen molar-refractivity contribution in [1.29, 1.82) is 0 Å². The van der Waals surface area contributed by atoms with E-state index in [-0.39, 0.29) is 17.8 Å². The number of halogens is 2. The largest absolute Gasteiger partial charge is 0.339 e. The minimum atomic E-state index is -0.307. The lowest BCUT2D eigenvalue weighted by Crippen LogP contribution is -2.30. The van der Waals surface area contributed by atoms with Crippen molar-refractivity contribution in [3.05, 3.63) is 34.4 Å². The summed E-state index contributed by atoms with van der Waals surface area (Å²) >= 11 is 3.31. The number of rotatable bonds is 5. The van der Waals surface area contributed by atoms with Gasteiger partial charge in [0, 0.05) is 16.1 Å². The first-order chi connectivity index (χ1) is 9.56. The van der Waals surface area contributed by atoms with Crippen LogP contribution >= 0.6 is 15.9 Å². The van der Waals surface area contributed by atoms with E-state index < -0.39 is 0 Å². The fraction of sp³-hybridized carbons (Fsp3) is 0.429. The quantitative estimate of drug-likeness (QED) is 0.899. The second kappa shape index (κ2) is 6.45. The molecule has 1 N–H and O–H groups in total. The maximum absolute atomic E-state index is 13.1. The Morgan fingerprint density at radius 3 is 2.80 bits per heavy atom. The van der Waals surface area contributed by atoms with Crippen molar-refractivity contribution in [3.63, 3.8) is 0 Å². The van der Waals surface area contributed by atoms with Crippen molar-refractivity contribution in [2.75, 3.05) is 7.05 Å². The number of hydrogen-bond donors (Lipinski definition) is 1. The molecule has 0 fully saturated rings. The number of likely N-dealkylation sites (N-methyl/N-ethyl adjacent to an activating group) is 1. The van der Waals surface area contributed by atoms with E-state index in [1.807, 2.05) is 14.0 Å². The maximum atomic E-state index is 13.1. The molecular weight excluding hydrogens is 325 g/mol. The fourth-order valence-electron chi connectivity index (χ4n) is 2.18. The van der Waals surface area contributed by atoms with Gasteiger partial charge >= 0.3 is 0 Å². The molecule has 6 heteroatoms. The molecule has 0 bridgehead atoms. The molecule has 0 saturated heterocycles. The van der Waals surface area contributed by atoms with Gasteiger partial charge in [-0.3, -0.25) is 0 Å². The number of hydrogen-bond acceptors (Lipinski definition) is 4. The first-order valence-corrected chi connectivity index (χ1v) is 7.32. The molecular formula is C14H17BrFN3O. The third-order valence-corrected chi connectivity index (χ3v) is 4.07. The highest BCUT2D eigenvalue weighted by atomic mass is 79.9. The van der Waals surface area contributed by atoms with Crippen LogP contribution in [0.3, 0.4) is 0 Å². The molecule has 2 atom stereocenters. The van der Waals surface area contributed by atoms with Gasteiger partial charge in [-0.05, 0) is 47.6 Å². The average Bonchev–Trinajstić information content (AvgIpc) is 2.89. The normalized spacial score (nSPS) is 14.2. The molecule has 1 heterocycles. The van der Waals surface area contributed by atoms with Crippen LogP contribution in [-0.4, -0.2) is 23.2 Å². The van der Waals surface area contributed by atoms with Crippen LogP contribution < -0.4 is 5.32 Å². The van der Waals surface area contributed by atoms with Gasteiger partial charge < -0.3 is 9.84 Å². The Kier molecular flexibility index (Phi) is 4.88. The van der Waals surface area contributed by atoms with Crippen LogP contribution in [0.1, 0.15) is 32.1 Å². The summed E-state index contributed by atoms with van der Waals surface area (Å²) in [5, 5.41) is 7.21. The molecule has 4 nitrogen and oxygen atoms in total. The molecule has 2 rings (SSSR count). The molecule has 2 unspecified atom stereocenters. The number of aromatic nitrogens is 2. The lowest BCUT2D eigenvalue weighted by Gasteiger charge is -2.18. The second-order valence-corrected chi connectivity index (χ2v) is 5.53. The Bertz CT molecular complexity index is 584. The standard InChI is InChI=1S/C14H17BrFN3O/c1-4-12(17-3)8(2)14-18-13(19-20-14)10-6-5-9(16)7-11(10)15/h5-8,12,17H,4H2,1-3H3. The van der Waals surface area contributed by atoms with Crippen molar-refractivity contribution < 1.29 is 8.91 Å². The van der Waals surface area contributed by atoms with Gasteiger partial charge in [0.15, 0.2) is 0 Å². The third-order valence-electron chi connectivity index (χ3n) is 3.42. The number of nitrogens with zero attached hydrogens (tertiary/aromatic N) is 2. The van der Waals surface area contributed by atoms with E-state index in [9.17, 15) is 4.39 Å². The van der Waals surface area contributed by atoms with E-state index in [1.165, 1.54) is 12.1 Å². The van der Waals surface area contributed by atoms with E-state index in [2.05, 4.69) is 38.3 Å². The summed E-state index contributed by atoms with van der Waals surface area (Å²) in [7, 11) is 1.92. The number of benzene rings is 1. The SMILES string of the molecule is CCC(NC)C(C)c1nc(-c2ccc(F)cc2Br)no1. The van der Waals surface area contributed by atoms with Gasteiger partial charge in [0.05, 0.1) is 5.92 Å². The molecule has 0 saturated carbocycles. The summed E-state index contributed by atoms with van der Waals surface area (Å²) in [6.07, 6.45) is 0.968. The van der Waals surface area contributed by atoms with Crippen LogP contribution in [0, 0.1) is 5.82 Å². The molecule has 0 aliphatic carbocycles. The molecule has 0 radical (unpaired) electrons. The predicted octanol–water partition coefficient (Wildman–Crippen LogP) is 3.74. The van der Waals surface area contributed by atoms with E-state index in [4.69, 9.17) is 4.52 Å². The van der Waals surface area contributed by atoms with Crippen LogP contribution in [0.25, 0.3) is 11.4 Å². The fourth-order valence-corrected chi connectivity index (χ4v) is 2.71. The molecule has 0 aliphatic rings. The van der Waals surface area contributed by atoms with Crippen molar-refractivity contribution in [2.24, 2.45) is 0 Å². The molecule has 0 amide bonds.